The molecule has 0 bridgehead atoms. The Bertz CT molecular complexity index is 433. The van der Waals surface area contributed by atoms with Gasteiger partial charge in [-0.2, -0.15) is 0 Å². The van der Waals surface area contributed by atoms with Crippen molar-refractivity contribution in [3.63, 3.8) is 0 Å². The number of aliphatic hydroxyl groups is 1. The van der Waals surface area contributed by atoms with Gasteiger partial charge >= 0.3 is 6.03 Å². The van der Waals surface area contributed by atoms with Crippen molar-refractivity contribution in [3.8, 4) is 0 Å². The maximum Gasteiger partial charge on any atom is 0.319 e. The lowest BCUT2D eigenvalue weighted by Gasteiger charge is -2.29. The molecule has 0 radical (unpaired) electrons. The molecule has 1 heterocycles. The maximum absolute atomic E-state index is 13.3. The molecule has 1 aliphatic heterocycles. The maximum atomic E-state index is 13.3. The number of nitrogens with one attached hydrogen (secondary N) is 3. The van der Waals surface area contributed by atoms with Crippen LogP contribution in [-0.2, 0) is 0 Å². The van der Waals surface area contributed by atoms with Crippen LogP contribution in [0.1, 0.15) is 6.42 Å². The quantitative estimate of drug-likeness (QED) is 0.659. The molecule has 1 fully saturated rings. The number of para-hydroxylation sites is 1. The Balaban J connectivity index is 0.00000180. The van der Waals surface area contributed by atoms with Crippen molar-refractivity contribution in [1.82, 2.24) is 10.6 Å². The molecule has 106 valence electrons. The van der Waals surface area contributed by atoms with Gasteiger partial charge in [0, 0.05) is 6.54 Å². The highest BCUT2D eigenvalue weighted by Gasteiger charge is 2.24. The van der Waals surface area contributed by atoms with Gasteiger partial charge in [0.2, 0.25) is 0 Å². The van der Waals surface area contributed by atoms with E-state index < -0.39 is 18.0 Å². The molecule has 0 saturated carbocycles. The van der Waals surface area contributed by atoms with Gasteiger partial charge in [-0.25, -0.2) is 9.18 Å². The molecule has 0 aliphatic carbocycles. The van der Waals surface area contributed by atoms with Crippen LogP contribution in [-0.4, -0.2) is 36.4 Å². The number of amides is 2. The fourth-order valence-electron chi connectivity index (χ4n) is 1.88. The van der Waals surface area contributed by atoms with Crippen LogP contribution in [0.3, 0.4) is 0 Å². The summed E-state index contributed by atoms with van der Waals surface area (Å²) in [7, 11) is 0. The van der Waals surface area contributed by atoms with Gasteiger partial charge in [0.05, 0.1) is 17.8 Å². The minimum Gasteiger partial charge on any atom is -0.391 e. The van der Waals surface area contributed by atoms with Gasteiger partial charge in [0.25, 0.3) is 0 Å². The predicted molar refractivity (Wildman–Crippen MR) is 73.1 cm³/mol. The van der Waals surface area contributed by atoms with Crippen molar-refractivity contribution in [2.75, 3.05) is 18.4 Å². The fraction of sp³-hybridized carbons (Fsp3) is 0.417. The van der Waals surface area contributed by atoms with E-state index in [2.05, 4.69) is 16.0 Å². The van der Waals surface area contributed by atoms with Gasteiger partial charge in [-0.1, -0.05) is 12.1 Å². The summed E-state index contributed by atoms with van der Waals surface area (Å²) in [6.45, 7) is 1.24. The minimum atomic E-state index is -0.572. The van der Waals surface area contributed by atoms with E-state index in [1.54, 1.807) is 12.1 Å². The lowest BCUT2D eigenvalue weighted by atomic mass is 10.0. The molecular weight excluding hydrogens is 273 g/mol. The van der Waals surface area contributed by atoms with Crippen molar-refractivity contribution < 1.29 is 14.3 Å². The SMILES string of the molecule is Cl.O=C(Nc1ccccc1F)N[C@@H]1CNCC[C@H]1O. The van der Waals surface area contributed by atoms with Gasteiger partial charge in [-0.3, -0.25) is 0 Å². The molecule has 2 rings (SSSR count). The summed E-state index contributed by atoms with van der Waals surface area (Å²) in [4.78, 5) is 11.7. The molecule has 19 heavy (non-hydrogen) atoms. The van der Waals surface area contributed by atoms with Crippen LogP contribution in [0.25, 0.3) is 0 Å². The summed E-state index contributed by atoms with van der Waals surface area (Å²) in [5.41, 5.74) is 0.119. The Kier molecular flexibility index (Phi) is 6.01. The van der Waals surface area contributed by atoms with Gasteiger partial charge in [0.1, 0.15) is 5.82 Å². The Hall–Kier alpha value is -1.37. The second-order valence-corrected chi connectivity index (χ2v) is 4.24. The van der Waals surface area contributed by atoms with Crippen LogP contribution >= 0.6 is 12.4 Å². The number of aliphatic hydroxyl groups excluding tert-OH is 1. The molecule has 1 aromatic carbocycles. The van der Waals surface area contributed by atoms with Crippen LogP contribution < -0.4 is 16.0 Å². The zero-order chi connectivity index (χ0) is 13.0. The van der Waals surface area contributed by atoms with Crippen LogP contribution in [0, 0.1) is 5.82 Å². The number of hydrogen-bond donors (Lipinski definition) is 4. The third-order valence-corrected chi connectivity index (χ3v) is 2.88. The number of halogens is 2. The lowest BCUT2D eigenvalue weighted by molar-refractivity contribution is 0.103. The first kappa shape index (κ1) is 15.7. The van der Waals surface area contributed by atoms with Gasteiger partial charge in [-0.05, 0) is 25.1 Å². The summed E-state index contributed by atoms with van der Waals surface area (Å²) in [6.07, 6.45) is 0.0163. The number of benzene rings is 1. The molecule has 0 aromatic heterocycles. The van der Waals surface area contributed by atoms with Gasteiger partial charge < -0.3 is 21.1 Å². The van der Waals surface area contributed by atoms with E-state index in [0.717, 1.165) is 6.54 Å². The number of carbonyl (C=O) groups is 1. The second-order valence-electron chi connectivity index (χ2n) is 4.24. The molecule has 4 N–H and O–H groups in total. The van der Waals surface area contributed by atoms with Gasteiger partial charge in [-0.15, -0.1) is 12.4 Å². The van der Waals surface area contributed by atoms with E-state index in [4.69, 9.17) is 0 Å². The Morgan fingerprint density at radius 2 is 2.16 bits per heavy atom. The molecule has 0 unspecified atom stereocenters. The summed E-state index contributed by atoms with van der Waals surface area (Å²) >= 11 is 0. The molecule has 7 heteroatoms. The van der Waals surface area contributed by atoms with E-state index in [1.165, 1.54) is 12.1 Å². The first-order valence-corrected chi connectivity index (χ1v) is 5.87. The van der Waals surface area contributed by atoms with Gasteiger partial charge in [0.15, 0.2) is 0 Å². The zero-order valence-electron chi connectivity index (χ0n) is 10.2. The number of urea groups is 1. The van der Waals surface area contributed by atoms with Crippen molar-refractivity contribution in [1.29, 1.82) is 0 Å². The topological polar surface area (TPSA) is 73.4 Å². The summed E-state index contributed by atoms with van der Waals surface area (Å²) in [5.74, 6) is -0.491. The van der Waals surface area contributed by atoms with E-state index in [0.29, 0.717) is 13.0 Å². The fourth-order valence-corrected chi connectivity index (χ4v) is 1.88. The molecule has 2 atom stereocenters. The first-order valence-electron chi connectivity index (χ1n) is 5.87. The Labute approximate surface area is 117 Å². The lowest BCUT2D eigenvalue weighted by Crippen LogP contribution is -2.54. The molecule has 1 aliphatic rings. The standard InChI is InChI=1S/C12H16FN3O2.ClH/c13-8-3-1-2-4-9(8)15-12(18)16-10-7-14-6-5-11(10)17;/h1-4,10-11,14,17H,5-7H2,(H2,15,16,18);1H/t10-,11-;/m1./s1. The molecule has 2 amide bonds. The van der Waals surface area contributed by atoms with E-state index >= 15 is 0 Å². The van der Waals surface area contributed by atoms with Crippen LogP contribution in [0.4, 0.5) is 14.9 Å². The third-order valence-electron chi connectivity index (χ3n) is 2.88. The second kappa shape index (κ2) is 7.28. The smallest absolute Gasteiger partial charge is 0.319 e. The zero-order valence-corrected chi connectivity index (χ0v) is 11.0. The monoisotopic (exact) mass is 289 g/mol. The average Bonchev–Trinajstić information content (AvgIpc) is 2.35. The molecular formula is C12H17ClFN3O2. The number of carbonyl (C=O) groups excluding carboxylic acids is 1. The molecule has 1 aromatic rings. The van der Waals surface area contributed by atoms with E-state index in [-0.39, 0.29) is 24.1 Å². The highest BCUT2D eigenvalue weighted by molar-refractivity contribution is 5.89. The summed E-state index contributed by atoms with van der Waals surface area (Å²) in [5, 5.41) is 17.8. The number of piperidine rings is 1. The van der Waals surface area contributed by atoms with E-state index in [1.807, 2.05) is 0 Å². The van der Waals surface area contributed by atoms with Crippen molar-refractivity contribution >= 4 is 24.1 Å². The third kappa shape index (κ3) is 4.34. The number of hydrogen-bond acceptors (Lipinski definition) is 3. The van der Waals surface area contributed by atoms with Crippen LogP contribution in [0.5, 0.6) is 0 Å². The van der Waals surface area contributed by atoms with Crippen molar-refractivity contribution in [2.45, 2.75) is 18.6 Å². The highest BCUT2D eigenvalue weighted by atomic mass is 35.5. The predicted octanol–water partition coefficient (Wildman–Crippen LogP) is 1.09. The first-order chi connectivity index (χ1) is 8.66. The van der Waals surface area contributed by atoms with Crippen molar-refractivity contribution in [2.24, 2.45) is 0 Å². The van der Waals surface area contributed by atoms with Crippen molar-refractivity contribution in [3.05, 3.63) is 30.1 Å². The average molecular weight is 290 g/mol. The summed E-state index contributed by atoms with van der Waals surface area (Å²) in [6, 6.07) is 5.05. The Morgan fingerprint density at radius 1 is 1.42 bits per heavy atom. The Morgan fingerprint density at radius 3 is 2.84 bits per heavy atom. The molecule has 0 spiro atoms. The van der Waals surface area contributed by atoms with Crippen LogP contribution in [0.2, 0.25) is 0 Å². The minimum absolute atomic E-state index is 0. The summed E-state index contributed by atoms with van der Waals surface area (Å²) < 4.78 is 13.3. The molecule has 1 saturated heterocycles. The number of anilines is 1. The normalized spacial score (nSPS) is 22.2. The number of rotatable bonds is 2. The van der Waals surface area contributed by atoms with E-state index in [9.17, 15) is 14.3 Å². The van der Waals surface area contributed by atoms with Crippen LogP contribution in [0.15, 0.2) is 24.3 Å². The highest BCUT2D eigenvalue weighted by Crippen LogP contribution is 2.12. The largest absolute Gasteiger partial charge is 0.391 e. The molecule has 5 nitrogen and oxygen atoms in total.